The van der Waals surface area contributed by atoms with Gasteiger partial charge in [-0.3, -0.25) is 4.79 Å². The number of hydrogen-bond donors (Lipinski definition) is 2. The lowest BCUT2D eigenvalue weighted by Gasteiger charge is -2.33. The minimum atomic E-state index is -4.49. The number of ether oxygens (including phenoxy) is 1. The van der Waals surface area contributed by atoms with Crippen LogP contribution in [0.15, 0.2) is 34.8 Å². The number of rotatable bonds is 5. The van der Waals surface area contributed by atoms with E-state index >= 15 is 0 Å². The number of benzene rings is 1. The molecule has 1 aromatic heterocycles. The van der Waals surface area contributed by atoms with E-state index in [-0.39, 0.29) is 24.5 Å². The first kappa shape index (κ1) is 19.7. The largest absolute Gasteiger partial charge is 0.410 e. The van der Waals surface area contributed by atoms with Crippen LogP contribution >= 0.6 is 15.9 Å². The van der Waals surface area contributed by atoms with Gasteiger partial charge in [-0.25, -0.2) is 4.68 Å². The van der Waals surface area contributed by atoms with E-state index in [9.17, 15) is 18.0 Å². The predicted molar refractivity (Wildman–Crippen MR) is 96.7 cm³/mol. The lowest BCUT2D eigenvalue weighted by Crippen LogP contribution is -2.35. The zero-order valence-electron chi connectivity index (χ0n) is 14.4. The summed E-state index contributed by atoms with van der Waals surface area (Å²) in [5.41, 5.74) is 0.658. The number of amides is 1. The third-order valence-corrected chi connectivity index (χ3v) is 4.82. The fourth-order valence-electron chi connectivity index (χ4n) is 2.96. The van der Waals surface area contributed by atoms with E-state index in [2.05, 4.69) is 31.7 Å². The molecule has 3 rings (SSSR count). The van der Waals surface area contributed by atoms with Gasteiger partial charge in [0.15, 0.2) is 11.7 Å². The molecule has 0 bridgehead atoms. The molecule has 0 spiro atoms. The Balaban J connectivity index is 1.88. The Morgan fingerprint density at radius 2 is 2.11 bits per heavy atom. The quantitative estimate of drug-likeness (QED) is 0.687. The Bertz CT molecular complexity index is 808. The normalized spacial score (nSPS) is 19.3. The van der Waals surface area contributed by atoms with Crippen LogP contribution in [0.2, 0.25) is 0 Å². The highest BCUT2D eigenvalue weighted by molar-refractivity contribution is 9.10. The van der Waals surface area contributed by atoms with Crippen LogP contribution in [-0.2, 0) is 4.74 Å². The maximum Gasteiger partial charge on any atom is 0.410 e. The van der Waals surface area contributed by atoms with Crippen molar-refractivity contribution in [2.24, 2.45) is 0 Å². The molecule has 27 heavy (non-hydrogen) atoms. The van der Waals surface area contributed by atoms with Gasteiger partial charge in [-0.2, -0.15) is 18.3 Å². The van der Waals surface area contributed by atoms with E-state index in [0.29, 0.717) is 6.61 Å². The molecule has 2 N–H and O–H groups in total. The van der Waals surface area contributed by atoms with Gasteiger partial charge >= 0.3 is 6.18 Å². The summed E-state index contributed by atoms with van der Waals surface area (Å²) in [7, 11) is 1.49. The number of nitrogens with one attached hydrogen (secondary N) is 2. The molecule has 1 aromatic carbocycles. The Labute approximate surface area is 162 Å². The van der Waals surface area contributed by atoms with Gasteiger partial charge in [0.25, 0.3) is 5.91 Å². The molecular weight excluding hydrogens is 429 g/mol. The molecule has 0 saturated carbocycles. The second kappa shape index (κ2) is 7.89. The van der Waals surface area contributed by atoms with Crippen molar-refractivity contribution < 1.29 is 22.7 Å². The molecule has 0 radical (unpaired) electrons. The second-order valence-electron chi connectivity index (χ2n) is 6.15. The van der Waals surface area contributed by atoms with Crippen molar-refractivity contribution in [3.63, 3.8) is 0 Å². The van der Waals surface area contributed by atoms with Crippen LogP contribution in [0.25, 0.3) is 0 Å². The monoisotopic (exact) mass is 446 g/mol. The molecule has 1 aliphatic rings. The number of hydrogen-bond acceptors (Lipinski definition) is 4. The molecule has 1 aliphatic heterocycles. The summed E-state index contributed by atoms with van der Waals surface area (Å²) in [6.07, 6.45) is -4.70. The lowest BCUT2D eigenvalue weighted by atomic mass is 9.97. The van der Waals surface area contributed by atoms with E-state index < -0.39 is 24.2 Å². The van der Waals surface area contributed by atoms with Gasteiger partial charge in [-0.15, -0.1) is 0 Å². The fourth-order valence-corrected chi connectivity index (χ4v) is 3.22. The van der Waals surface area contributed by atoms with E-state index in [4.69, 9.17) is 4.74 Å². The highest BCUT2D eigenvalue weighted by Gasteiger charge is 2.46. The van der Waals surface area contributed by atoms with Crippen LogP contribution in [-0.4, -0.2) is 42.1 Å². The molecule has 0 saturated heterocycles. The number of halogens is 4. The first-order valence-corrected chi connectivity index (χ1v) is 9.04. The van der Waals surface area contributed by atoms with Crippen LogP contribution in [0, 0.1) is 0 Å². The number of aromatic nitrogens is 2. The Morgan fingerprint density at radius 1 is 1.41 bits per heavy atom. The Kier molecular flexibility index (Phi) is 5.75. The SMILES string of the molecule is COCCNC(=O)c1cc2n(n1)[C@@H](C(F)(F)F)C[C@H](c1ccc(Br)cc1)N2. The van der Waals surface area contributed by atoms with E-state index in [0.717, 1.165) is 14.7 Å². The Hall–Kier alpha value is -2.07. The molecule has 2 aromatic rings. The summed E-state index contributed by atoms with van der Waals surface area (Å²) in [6.45, 7) is 0.545. The molecule has 0 fully saturated rings. The molecule has 2 heterocycles. The van der Waals surface area contributed by atoms with Crippen LogP contribution < -0.4 is 10.6 Å². The van der Waals surface area contributed by atoms with Crippen molar-refractivity contribution in [3.8, 4) is 0 Å². The molecule has 1 amide bonds. The second-order valence-corrected chi connectivity index (χ2v) is 7.07. The minimum Gasteiger partial charge on any atom is -0.383 e. The van der Waals surface area contributed by atoms with Crippen molar-refractivity contribution in [1.82, 2.24) is 15.1 Å². The lowest BCUT2D eigenvalue weighted by molar-refractivity contribution is -0.173. The molecule has 6 nitrogen and oxygen atoms in total. The predicted octanol–water partition coefficient (Wildman–Crippen LogP) is 3.68. The summed E-state index contributed by atoms with van der Waals surface area (Å²) in [6, 6.07) is 6.06. The summed E-state index contributed by atoms with van der Waals surface area (Å²) >= 11 is 3.32. The summed E-state index contributed by atoms with van der Waals surface area (Å²) < 4.78 is 47.4. The zero-order valence-corrected chi connectivity index (χ0v) is 16.0. The molecule has 0 aliphatic carbocycles. The highest BCUT2D eigenvalue weighted by Crippen LogP contribution is 2.43. The van der Waals surface area contributed by atoms with Crippen molar-refractivity contribution in [2.45, 2.75) is 24.7 Å². The molecule has 10 heteroatoms. The summed E-state index contributed by atoms with van der Waals surface area (Å²) in [5.74, 6) is -0.384. The van der Waals surface area contributed by atoms with Gasteiger partial charge in [0.1, 0.15) is 5.82 Å². The number of alkyl halides is 3. The number of carbonyl (C=O) groups excluding carboxylic acids is 1. The summed E-state index contributed by atoms with van der Waals surface area (Å²) in [5, 5.41) is 9.51. The Morgan fingerprint density at radius 3 is 2.74 bits per heavy atom. The number of anilines is 1. The van der Waals surface area contributed by atoms with E-state index in [1.807, 2.05) is 0 Å². The first-order chi connectivity index (χ1) is 12.8. The van der Waals surface area contributed by atoms with Gasteiger partial charge in [-0.1, -0.05) is 28.1 Å². The van der Waals surface area contributed by atoms with Gasteiger partial charge in [0.05, 0.1) is 12.6 Å². The number of nitrogens with zero attached hydrogens (tertiary/aromatic N) is 2. The molecular formula is C17H18BrF3N4O2. The molecule has 2 atom stereocenters. The number of methoxy groups -OCH3 is 1. The maximum absolute atomic E-state index is 13.6. The zero-order chi connectivity index (χ0) is 19.6. The minimum absolute atomic E-state index is 0.0701. The van der Waals surface area contributed by atoms with Crippen molar-refractivity contribution in [1.29, 1.82) is 0 Å². The number of carbonyl (C=O) groups is 1. The maximum atomic E-state index is 13.6. The topological polar surface area (TPSA) is 68.2 Å². The van der Waals surface area contributed by atoms with Gasteiger partial charge in [0.2, 0.25) is 0 Å². The first-order valence-electron chi connectivity index (χ1n) is 8.25. The van der Waals surface area contributed by atoms with Gasteiger partial charge in [0, 0.05) is 30.6 Å². The average molecular weight is 447 g/mol. The number of fused-ring (bicyclic) bond motifs is 1. The van der Waals surface area contributed by atoms with Crippen molar-refractivity contribution in [3.05, 3.63) is 46.1 Å². The third-order valence-electron chi connectivity index (χ3n) is 4.29. The van der Waals surface area contributed by atoms with Gasteiger partial charge < -0.3 is 15.4 Å². The van der Waals surface area contributed by atoms with E-state index in [1.54, 1.807) is 24.3 Å². The third kappa shape index (κ3) is 4.44. The van der Waals surface area contributed by atoms with Crippen molar-refractivity contribution >= 4 is 27.7 Å². The van der Waals surface area contributed by atoms with Crippen LogP contribution in [0.5, 0.6) is 0 Å². The highest BCUT2D eigenvalue weighted by atomic mass is 79.9. The smallest absolute Gasteiger partial charge is 0.383 e. The van der Waals surface area contributed by atoms with Crippen molar-refractivity contribution in [2.75, 3.05) is 25.6 Å². The van der Waals surface area contributed by atoms with E-state index in [1.165, 1.54) is 13.2 Å². The summed E-state index contributed by atoms with van der Waals surface area (Å²) in [4.78, 5) is 12.1. The average Bonchev–Trinajstić information content (AvgIpc) is 3.05. The molecule has 0 unspecified atom stereocenters. The standard InChI is InChI=1S/C17H18BrF3N4O2/c1-27-7-6-22-16(26)13-9-15-23-12(10-2-4-11(18)5-3-10)8-14(17(19,20)21)25(15)24-13/h2-5,9,12,14,23H,6-8H2,1H3,(H,22,26)/t12-,14-/m1/s1. The van der Waals surface area contributed by atoms with Crippen LogP contribution in [0.4, 0.5) is 19.0 Å². The fraction of sp³-hybridized carbons (Fsp3) is 0.412. The van der Waals surface area contributed by atoms with Gasteiger partial charge in [-0.05, 0) is 17.7 Å². The van der Waals surface area contributed by atoms with Crippen LogP contribution in [0.3, 0.4) is 0 Å². The van der Waals surface area contributed by atoms with Crippen LogP contribution in [0.1, 0.15) is 34.6 Å². The molecule has 146 valence electrons.